The Bertz CT molecular complexity index is 643. The Balaban J connectivity index is 2.20. The topological polar surface area (TPSA) is 68.2 Å². The van der Waals surface area contributed by atoms with Crippen molar-refractivity contribution >= 4 is 22.6 Å². The van der Waals surface area contributed by atoms with Crippen molar-refractivity contribution in [3.05, 3.63) is 29.5 Å². The quantitative estimate of drug-likeness (QED) is 0.753. The SMILES string of the molecule is Cn1c2c(c3cc(N)ccc31)CC(C(=O)O)CC2. The highest BCUT2D eigenvalue weighted by atomic mass is 16.4. The molecule has 1 aromatic carbocycles. The van der Waals surface area contributed by atoms with Crippen molar-refractivity contribution in [2.75, 3.05) is 5.73 Å². The molecular formula is C14H16N2O2. The highest BCUT2D eigenvalue weighted by Gasteiger charge is 2.28. The molecule has 0 amide bonds. The maximum atomic E-state index is 11.1. The van der Waals surface area contributed by atoms with E-state index in [-0.39, 0.29) is 5.92 Å². The fourth-order valence-corrected chi connectivity index (χ4v) is 3.01. The van der Waals surface area contributed by atoms with E-state index in [1.54, 1.807) is 0 Å². The van der Waals surface area contributed by atoms with Crippen LogP contribution in [0.4, 0.5) is 5.69 Å². The fraction of sp³-hybridized carbons (Fsp3) is 0.357. The van der Waals surface area contributed by atoms with Crippen LogP contribution in [-0.2, 0) is 24.7 Å². The summed E-state index contributed by atoms with van der Waals surface area (Å²) in [6.07, 6.45) is 2.17. The zero-order valence-electron chi connectivity index (χ0n) is 10.3. The van der Waals surface area contributed by atoms with E-state index in [0.29, 0.717) is 6.42 Å². The second-order valence-electron chi connectivity index (χ2n) is 5.04. The minimum absolute atomic E-state index is 0.260. The summed E-state index contributed by atoms with van der Waals surface area (Å²) >= 11 is 0. The van der Waals surface area contributed by atoms with E-state index in [1.165, 1.54) is 11.3 Å². The van der Waals surface area contributed by atoms with Gasteiger partial charge < -0.3 is 15.4 Å². The van der Waals surface area contributed by atoms with E-state index in [2.05, 4.69) is 4.57 Å². The van der Waals surface area contributed by atoms with Gasteiger partial charge in [-0.2, -0.15) is 0 Å². The summed E-state index contributed by atoms with van der Waals surface area (Å²) in [6.45, 7) is 0. The van der Waals surface area contributed by atoms with Crippen LogP contribution >= 0.6 is 0 Å². The molecule has 2 aromatic rings. The molecule has 1 aliphatic rings. The van der Waals surface area contributed by atoms with Gasteiger partial charge in [0.1, 0.15) is 0 Å². The van der Waals surface area contributed by atoms with E-state index < -0.39 is 5.97 Å². The molecule has 1 heterocycles. The molecule has 0 bridgehead atoms. The number of carboxylic acids is 1. The molecule has 1 atom stereocenters. The molecule has 0 aliphatic heterocycles. The van der Waals surface area contributed by atoms with Gasteiger partial charge in [-0.25, -0.2) is 0 Å². The van der Waals surface area contributed by atoms with Gasteiger partial charge >= 0.3 is 5.97 Å². The van der Waals surface area contributed by atoms with Crippen LogP contribution in [0.5, 0.6) is 0 Å². The van der Waals surface area contributed by atoms with Gasteiger partial charge in [-0.15, -0.1) is 0 Å². The predicted molar refractivity (Wildman–Crippen MR) is 70.5 cm³/mol. The summed E-state index contributed by atoms with van der Waals surface area (Å²) in [5.74, 6) is -0.953. The maximum Gasteiger partial charge on any atom is 0.306 e. The van der Waals surface area contributed by atoms with Gasteiger partial charge in [-0.05, 0) is 43.0 Å². The molecule has 0 radical (unpaired) electrons. The van der Waals surface area contributed by atoms with Crippen LogP contribution in [0.25, 0.3) is 10.9 Å². The lowest BCUT2D eigenvalue weighted by atomic mass is 9.86. The summed E-state index contributed by atoms with van der Waals surface area (Å²) in [6, 6.07) is 5.86. The monoisotopic (exact) mass is 244 g/mol. The Labute approximate surface area is 105 Å². The average molecular weight is 244 g/mol. The zero-order valence-corrected chi connectivity index (χ0v) is 10.3. The van der Waals surface area contributed by atoms with Gasteiger partial charge in [-0.1, -0.05) is 0 Å². The van der Waals surface area contributed by atoms with E-state index in [0.717, 1.165) is 29.4 Å². The smallest absolute Gasteiger partial charge is 0.306 e. The number of carboxylic acid groups (broad SMARTS) is 1. The van der Waals surface area contributed by atoms with Gasteiger partial charge in [0.15, 0.2) is 0 Å². The van der Waals surface area contributed by atoms with Crippen LogP contribution in [-0.4, -0.2) is 15.6 Å². The minimum Gasteiger partial charge on any atom is -0.481 e. The maximum absolute atomic E-state index is 11.1. The summed E-state index contributed by atoms with van der Waals surface area (Å²) in [7, 11) is 2.04. The second kappa shape index (κ2) is 3.77. The van der Waals surface area contributed by atoms with E-state index in [4.69, 9.17) is 10.8 Å². The molecule has 3 rings (SSSR count). The molecular weight excluding hydrogens is 228 g/mol. The molecule has 1 aromatic heterocycles. The fourth-order valence-electron chi connectivity index (χ4n) is 3.01. The number of nitrogens with two attached hydrogens (primary N) is 1. The van der Waals surface area contributed by atoms with Gasteiger partial charge in [0, 0.05) is 29.3 Å². The lowest BCUT2D eigenvalue weighted by Gasteiger charge is -2.19. The minimum atomic E-state index is -0.693. The standard InChI is InChI=1S/C14H16N2O2/c1-16-12-4-2-8(14(17)18)6-10(12)11-7-9(15)3-5-13(11)16/h3,5,7-8H,2,4,6,15H2,1H3,(H,17,18). The largest absolute Gasteiger partial charge is 0.481 e. The molecule has 0 fully saturated rings. The third kappa shape index (κ3) is 1.49. The molecule has 0 spiro atoms. The molecule has 4 heteroatoms. The summed E-state index contributed by atoms with van der Waals surface area (Å²) in [5.41, 5.74) is 10.1. The van der Waals surface area contributed by atoms with Gasteiger partial charge in [0.2, 0.25) is 0 Å². The van der Waals surface area contributed by atoms with Crippen molar-refractivity contribution in [3.8, 4) is 0 Å². The van der Waals surface area contributed by atoms with Gasteiger partial charge in [0.25, 0.3) is 0 Å². The zero-order chi connectivity index (χ0) is 12.9. The van der Waals surface area contributed by atoms with Crippen LogP contribution in [0, 0.1) is 5.92 Å². The first kappa shape index (κ1) is 11.1. The molecule has 4 nitrogen and oxygen atoms in total. The molecule has 0 saturated carbocycles. The average Bonchev–Trinajstić information content (AvgIpc) is 2.62. The highest BCUT2D eigenvalue weighted by Crippen LogP contribution is 2.34. The Kier molecular flexibility index (Phi) is 2.33. The molecule has 94 valence electrons. The van der Waals surface area contributed by atoms with Crippen molar-refractivity contribution in [2.24, 2.45) is 13.0 Å². The van der Waals surface area contributed by atoms with E-state index >= 15 is 0 Å². The van der Waals surface area contributed by atoms with Crippen molar-refractivity contribution < 1.29 is 9.90 Å². The number of carbonyl (C=O) groups is 1. The number of hydrogen-bond acceptors (Lipinski definition) is 2. The number of rotatable bonds is 1. The number of hydrogen-bond donors (Lipinski definition) is 2. The van der Waals surface area contributed by atoms with Crippen LogP contribution < -0.4 is 5.73 Å². The van der Waals surface area contributed by atoms with Crippen LogP contribution in [0.2, 0.25) is 0 Å². The first-order chi connectivity index (χ1) is 8.58. The number of anilines is 1. The third-order valence-electron chi connectivity index (χ3n) is 3.99. The molecule has 3 N–H and O–H groups in total. The van der Waals surface area contributed by atoms with Crippen LogP contribution in [0.3, 0.4) is 0 Å². The molecule has 18 heavy (non-hydrogen) atoms. The first-order valence-corrected chi connectivity index (χ1v) is 6.16. The Hall–Kier alpha value is -1.97. The summed E-state index contributed by atoms with van der Waals surface area (Å²) in [5, 5.41) is 10.3. The van der Waals surface area contributed by atoms with Crippen molar-refractivity contribution in [2.45, 2.75) is 19.3 Å². The number of nitrogens with zero attached hydrogens (tertiary/aromatic N) is 1. The number of aromatic nitrogens is 1. The lowest BCUT2D eigenvalue weighted by Crippen LogP contribution is -2.22. The second-order valence-corrected chi connectivity index (χ2v) is 5.04. The van der Waals surface area contributed by atoms with Crippen LogP contribution in [0.1, 0.15) is 17.7 Å². The van der Waals surface area contributed by atoms with Gasteiger partial charge in [-0.3, -0.25) is 4.79 Å². The Morgan fingerprint density at radius 1 is 1.50 bits per heavy atom. The number of aliphatic carboxylic acids is 1. The Morgan fingerprint density at radius 2 is 2.28 bits per heavy atom. The van der Waals surface area contributed by atoms with Crippen molar-refractivity contribution in [1.29, 1.82) is 0 Å². The van der Waals surface area contributed by atoms with Crippen molar-refractivity contribution in [3.63, 3.8) is 0 Å². The summed E-state index contributed by atoms with van der Waals surface area (Å²) in [4.78, 5) is 11.1. The third-order valence-corrected chi connectivity index (χ3v) is 3.99. The predicted octanol–water partition coefficient (Wildman–Crippen LogP) is 1.95. The Morgan fingerprint density at radius 3 is 3.00 bits per heavy atom. The van der Waals surface area contributed by atoms with Crippen LogP contribution in [0.15, 0.2) is 18.2 Å². The summed E-state index contributed by atoms with van der Waals surface area (Å²) < 4.78 is 2.17. The van der Waals surface area contributed by atoms with Gasteiger partial charge in [0.05, 0.1) is 5.92 Å². The van der Waals surface area contributed by atoms with E-state index in [9.17, 15) is 4.79 Å². The molecule has 1 unspecified atom stereocenters. The number of nitrogen functional groups attached to an aromatic ring is 1. The van der Waals surface area contributed by atoms with Crippen molar-refractivity contribution in [1.82, 2.24) is 4.57 Å². The normalized spacial score (nSPS) is 18.8. The number of benzene rings is 1. The first-order valence-electron chi connectivity index (χ1n) is 6.16. The number of fused-ring (bicyclic) bond motifs is 3. The molecule has 1 aliphatic carbocycles. The number of aryl methyl sites for hydroxylation is 1. The molecule has 0 saturated heterocycles. The highest BCUT2D eigenvalue weighted by molar-refractivity contribution is 5.89. The lowest BCUT2D eigenvalue weighted by molar-refractivity contribution is -0.142. The van der Waals surface area contributed by atoms with E-state index in [1.807, 2.05) is 25.2 Å².